The summed E-state index contributed by atoms with van der Waals surface area (Å²) >= 11 is 1.92. The van der Waals surface area contributed by atoms with Gasteiger partial charge < -0.3 is 9.88 Å². The molecule has 3 nitrogen and oxygen atoms in total. The van der Waals surface area contributed by atoms with Gasteiger partial charge in [-0.3, -0.25) is 0 Å². The van der Waals surface area contributed by atoms with Gasteiger partial charge in [0, 0.05) is 42.6 Å². The number of nitrogens with one attached hydrogen (secondary N) is 1. The molecule has 108 valence electrons. The topological polar surface area (TPSA) is 29.9 Å². The number of aryl methyl sites for hydroxylation is 3. The molecule has 0 aliphatic rings. The molecular formula is C16H23N3S. The molecule has 0 amide bonds. The molecule has 1 unspecified atom stereocenters. The number of nitrogens with zero attached hydrogens (tertiary/aromatic N) is 2. The zero-order chi connectivity index (χ0) is 14.4. The number of imidazole rings is 1. The van der Waals surface area contributed by atoms with Crippen LogP contribution in [0.4, 0.5) is 0 Å². The highest BCUT2D eigenvalue weighted by molar-refractivity contribution is 7.99. The average molecular weight is 289 g/mol. The highest BCUT2D eigenvalue weighted by Gasteiger charge is 2.09. The Morgan fingerprint density at radius 1 is 1.40 bits per heavy atom. The summed E-state index contributed by atoms with van der Waals surface area (Å²) < 4.78 is 2.10. The molecule has 1 heterocycles. The molecular weight excluding hydrogens is 266 g/mol. The van der Waals surface area contributed by atoms with Crippen LogP contribution in [0.1, 0.15) is 17.8 Å². The lowest BCUT2D eigenvalue weighted by Crippen LogP contribution is -2.28. The summed E-state index contributed by atoms with van der Waals surface area (Å²) in [5.41, 5.74) is 1.32. The first-order valence-corrected chi connectivity index (χ1v) is 8.00. The Morgan fingerprint density at radius 3 is 2.90 bits per heavy atom. The van der Waals surface area contributed by atoms with E-state index in [4.69, 9.17) is 0 Å². The molecule has 0 bridgehead atoms. The summed E-state index contributed by atoms with van der Waals surface area (Å²) in [6.07, 6.45) is 6.00. The fourth-order valence-electron chi connectivity index (χ4n) is 2.15. The Kier molecular flexibility index (Phi) is 5.68. The maximum Gasteiger partial charge on any atom is 0.108 e. The first-order chi connectivity index (χ1) is 9.69. The van der Waals surface area contributed by atoms with Crippen molar-refractivity contribution in [2.24, 2.45) is 7.05 Å². The van der Waals surface area contributed by atoms with Gasteiger partial charge in [0.05, 0.1) is 0 Å². The van der Waals surface area contributed by atoms with Gasteiger partial charge in [-0.25, -0.2) is 4.98 Å². The van der Waals surface area contributed by atoms with Crippen molar-refractivity contribution in [2.45, 2.75) is 30.7 Å². The van der Waals surface area contributed by atoms with E-state index in [0.717, 1.165) is 24.4 Å². The first-order valence-electron chi connectivity index (χ1n) is 7.02. The first kappa shape index (κ1) is 15.1. The van der Waals surface area contributed by atoms with Crippen LogP contribution >= 0.6 is 11.8 Å². The van der Waals surface area contributed by atoms with E-state index in [2.05, 4.69) is 53.1 Å². The smallest absolute Gasteiger partial charge is 0.108 e. The zero-order valence-electron chi connectivity index (χ0n) is 12.5. The monoisotopic (exact) mass is 289 g/mol. The molecule has 1 atom stereocenters. The Morgan fingerprint density at radius 2 is 2.25 bits per heavy atom. The third-order valence-corrected chi connectivity index (χ3v) is 4.64. The Bertz CT molecular complexity index is 536. The van der Waals surface area contributed by atoms with Gasteiger partial charge in [0.1, 0.15) is 5.82 Å². The number of benzene rings is 1. The Hall–Kier alpha value is -1.26. The van der Waals surface area contributed by atoms with Crippen molar-refractivity contribution < 1.29 is 0 Å². The lowest BCUT2D eigenvalue weighted by Gasteiger charge is -2.15. The lowest BCUT2D eigenvalue weighted by atomic mass is 10.2. The van der Waals surface area contributed by atoms with Crippen molar-refractivity contribution in [1.29, 1.82) is 0 Å². The van der Waals surface area contributed by atoms with E-state index in [9.17, 15) is 0 Å². The Labute approximate surface area is 125 Å². The van der Waals surface area contributed by atoms with E-state index in [1.165, 1.54) is 10.5 Å². The largest absolute Gasteiger partial charge is 0.338 e. The fraction of sp³-hybridized carbons (Fsp3) is 0.438. The summed E-state index contributed by atoms with van der Waals surface area (Å²) in [4.78, 5) is 5.73. The van der Waals surface area contributed by atoms with Crippen LogP contribution < -0.4 is 5.32 Å². The molecule has 0 radical (unpaired) electrons. The summed E-state index contributed by atoms with van der Waals surface area (Å²) in [6, 6.07) is 9.21. The summed E-state index contributed by atoms with van der Waals surface area (Å²) in [6.45, 7) is 2.14. The minimum Gasteiger partial charge on any atom is -0.338 e. The standard InChI is InChI=1S/C16H23N3S/c1-13-5-4-6-15(11-13)20-12-14(17-2)7-8-16-18-9-10-19(16)3/h4-6,9-11,14,17H,7-8,12H2,1-3H3. The second-order valence-electron chi connectivity index (χ2n) is 5.11. The maximum absolute atomic E-state index is 4.38. The fourth-order valence-corrected chi connectivity index (χ4v) is 3.32. The highest BCUT2D eigenvalue weighted by Crippen LogP contribution is 2.20. The van der Waals surface area contributed by atoms with Gasteiger partial charge in [-0.15, -0.1) is 11.8 Å². The van der Waals surface area contributed by atoms with Crippen molar-refractivity contribution in [1.82, 2.24) is 14.9 Å². The van der Waals surface area contributed by atoms with E-state index in [1.807, 2.05) is 31.2 Å². The van der Waals surface area contributed by atoms with Crippen LogP contribution in [-0.2, 0) is 13.5 Å². The molecule has 2 aromatic rings. The second-order valence-corrected chi connectivity index (χ2v) is 6.20. The van der Waals surface area contributed by atoms with Crippen LogP contribution in [0.2, 0.25) is 0 Å². The van der Waals surface area contributed by atoms with Crippen molar-refractivity contribution in [2.75, 3.05) is 12.8 Å². The molecule has 0 aliphatic carbocycles. The van der Waals surface area contributed by atoms with E-state index in [1.54, 1.807) is 0 Å². The van der Waals surface area contributed by atoms with Gasteiger partial charge in [0.15, 0.2) is 0 Å². The molecule has 1 aromatic carbocycles. The number of rotatable bonds is 7. The minimum absolute atomic E-state index is 0.511. The lowest BCUT2D eigenvalue weighted by molar-refractivity contribution is 0.557. The predicted octanol–water partition coefficient (Wildman–Crippen LogP) is 3.04. The molecule has 0 saturated carbocycles. The maximum atomic E-state index is 4.38. The summed E-state index contributed by atoms with van der Waals surface area (Å²) in [7, 11) is 4.10. The van der Waals surface area contributed by atoms with Crippen LogP contribution in [-0.4, -0.2) is 28.4 Å². The predicted molar refractivity (Wildman–Crippen MR) is 86.3 cm³/mol. The van der Waals surface area contributed by atoms with E-state index >= 15 is 0 Å². The van der Waals surface area contributed by atoms with Crippen molar-refractivity contribution >= 4 is 11.8 Å². The quantitative estimate of drug-likeness (QED) is 0.795. The third kappa shape index (κ3) is 4.39. The third-order valence-electron chi connectivity index (χ3n) is 3.49. The van der Waals surface area contributed by atoms with Gasteiger partial charge in [-0.05, 0) is 32.5 Å². The molecule has 0 fully saturated rings. The van der Waals surface area contributed by atoms with Crippen LogP contribution in [0.5, 0.6) is 0 Å². The second kappa shape index (κ2) is 7.50. The molecule has 1 N–H and O–H groups in total. The summed E-state index contributed by atoms with van der Waals surface area (Å²) in [5.74, 6) is 2.25. The van der Waals surface area contributed by atoms with Crippen LogP contribution in [0.3, 0.4) is 0 Å². The number of hydrogen-bond acceptors (Lipinski definition) is 3. The Balaban J connectivity index is 1.82. The minimum atomic E-state index is 0.511. The molecule has 20 heavy (non-hydrogen) atoms. The van der Waals surface area contributed by atoms with Crippen LogP contribution in [0.25, 0.3) is 0 Å². The molecule has 2 rings (SSSR count). The number of aromatic nitrogens is 2. The van der Waals surface area contributed by atoms with E-state index in [0.29, 0.717) is 6.04 Å². The molecule has 0 saturated heterocycles. The number of hydrogen-bond donors (Lipinski definition) is 1. The highest BCUT2D eigenvalue weighted by atomic mass is 32.2. The van der Waals surface area contributed by atoms with Crippen LogP contribution in [0.15, 0.2) is 41.6 Å². The average Bonchev–Trinajstić information content (AvgIpc) is 2.85. The zero-order valence-corrected chi connectivity index (χ0v) is 13.3. The molecule has 0 aliphatic heterocycles. The van der Waals surface area contributed by atoms with Crippen molar-refractivity contribution in [3.8, 4) is 0 Å². The van der Waals surface area contributed by atoms with Crippen molar-refractivity contribution in [3.63, 3.8) is 0 Å². The van der Waals surface area contributed by atoms with Gasteiger partial charge in [0.25, 0.3) is 0 Å². The van der Waals surface area contributed by atoms with E-state index < -0.39 is 0 Å². The molecule has 0 spiro atoms. The van der Waals surface area contributed by atoms with Crippen LogP contribution in [0, 0.1) is 6.92 Å². The van der Waals surface area contributed by atoms with Gasteiger partial charge in [-0.2, -0.15) is 0 Å². The van der Waals surface area contributed by atoms with Gasteiger partial charge in [-0.1, -0.05) is 17.7 Å². The molecule has 1 aromatic heterocycles. The number of thioether (sulfide) groups is 1. The summed E-state index contributed by atoms with van der Waals surface area (Å²) in [5, 5.41) is 3.41. The van der Waals surface area contributed by atoms with Gasteiger partial charge >= 0.3 is 0 Å². The normalized spacial score (nSPS) is 12.6. The van der Waals surface area contributed by atoms with Crippen molar-refractivity contribution in [3.05, 3.63) is 48.0 Å². The van der Waals surface area contributed by atoms with E-state index in [-0.39, 0.29) is 0 Å². The molecule has 4 heteroatoms. The van der Waals surface area contributed by atoms with Gasteiger partial charge in [0.2, 0.25) is 0 Å². The SMILES string of the molecule is CNC(CCc1nccn1C)CSc1cccc(C)c1.